The number of urea groups is 1. The van der Waals surface area contributed by atoms with Gasteiger partial charge in [0.25, 0.3) is 0 Å². The van der Waals surface area contributed by atoms with E-state index in [0.29, 0.717) is 0 Å². The maximum atomic E-state index is 12.2. The number of carbonyl (C=O) groups is 1. The highest BCUT2D eigenvalue weighted by Gasteiger charge is 2.28. The summed E-state index contributed by atoms with van der Waals surface area (Å²) >= 11 is 0. The van der Waals surface area contributed by atoms with Crippen molar-refractivity contribution in [3.05, 3.63) is 35.9 Å². The van der Waals surface area contributed by atoms with Crippen LogP contribution in [0.5, 0.6) is 0 Å². The summed E-state index contributed by atoms with van der Waals surface area (Å²) in [5.41, 5.74) is 0.982. The number of aliphatic hydroxyl groups excluding tert-OH is 1. The van der Waals surface area contributed by atoms with Gasteiger partial charge in [-0.1, -0.05) is 49.6 Å². The molecule has 1 aromatic rings. The predicted molar refractivity (Wildman–Crippen MR) is 91.1 cm³/mol. The van der Waals surface area contributed by atoms with E-state index in [0.717, 1.165) is 50.4 Å². The molecule has 1 atom stereocenters. The minimum Gasteiger partial charge on any atom is -0.388 e. The molecule has 4 nitrogen and oxygen atoms in total. The fraction of sp³-hybridized carbons (Fsp3) is 0.632. The van der Waals surface area contributed by atoms with Crippen molar-refractivity contribution in [2.24, 2.45) is 11.8 Å². The minimum absolute atomic E-state index is 0.0666. The molecule has 1 aliphatic carbocycles. The maximum Gasteiger partial charge on any atom is 0.317 e. The lowest BCUT2D eigenvalue weighted by Crippen LogP contribution is -2.45. The number of nitrogens with zero attached hydrogens (tertiary/aromatic N) is 1. The molecule has 0 bridgehead atoms. The van der Waals surface area contributed by atoms with E-state index in [9.17, 15) is 9.90 Å². The smallest absolute Gasteiger partial charge is 0.317 e. The first-order valence-electron chi connectivity index (χ1n) is 9.00. The standard InChI is InChI=1S/C19H28N2O2/c22-18(16-7-2-1-3-8-16)17-10-13-21(14-11-17)19(23)20-12-9-15-5-4-6-15/h1-3,7-8,15,17-18,22H,4-6,9-14H2,(H,20,23). The second-order valence-corrected chi connectivity index (χ2v) is 7.00. The Morgan fingerprint density at radius 3 is 2.48 bits per heavy atom. The van der Waals surface area contributed by atoms with Gasteiger partial charge in [0.2, 0.25) is 0 Å². The predicted octanol–water partition coefficient (Wildman–Crippen LogP) is 3.33. The molecule has 1 saturated heterocycles. The molecule has 1 unspecified atom stereocenters. The molecule has 2 fully saturated rings. The number of aliphatic hydroxyl groups is 1. The van der Waals surface area contributed by atoms with Gasteiger partial charge in [0.15, 0.2) is 0 Å². The molecule has 2 amide bonds. The van der Waals surface area contributed by atoms with Crippen LogP contribution in [0.15, 0.2) is 30.3 Å². The van der Waals surface area contributed by atoms with Crippen LogP contribution in [0.1, 0.15) is 50.2 Å². The molecule has 0 aromatic heterocycles. The summed E-state index contributed by atoms with van der Waals surface area (Å²) in [5.74, 6) is 1.08. The Morgan fingerprint density at radius 1 is 1.17 bits per heavy atom. The fourth-order valence-corrected chi connectivity index (χ4v) is 3.62. The van der Waals surface area contributed by atoms with Crippen molar-refractivity contribution >= 4 is 6.03 Å². The number of amides is 2. The van der Waals surface area contributed by atoms with Crippen LogP contribution in [0, 0.1) is 11.8 Å². The third-order valence-corrected chi connectivity index (χ3v) is 5.47. The zero-order valence-corrected chi connectivity index (χ0v) is 13.8. The SMILES string of the molecule is O=C(NCCC1CCC1)N1CCC(C(O)c2ccccc2)CC1. The van der Waals surface area contributed by atoms with Crippen molar-refractivity contribution in [2.75, 3.05) is 19.6 Å². The third kappa shape index (κ3) is 4.25. The van der Waals surface area contributed by atoms with Gasteiger partial charge in [-0.05, 0) is 36.7 Å². The number of hydrogen-bond donors (Lipinski definition) is 2. The Hall–Kier alpha value is -1.55. The number of nitrogens with one attached hydrogen (secondary N) is 1. The minimum atomic E-state index is -0.417. The summed E-state index contributed by atoms with van der Waals surface area (Å²) < 4.78 is 0. The summed E-state index contributed by atoms with van der Waals surface area (Å²) in [6.07, 6.45) is 6.46. The Bertz CT molecular complexity index is 493. The van der Waals surface area contributed by atoms with Crippen LogP contribution in [-0.4, -0.2) is 35.7 Å². The average Bonchev–Trinajstić information content (AvgIpc) is 2.57. The lowest BCUT2D eigenvalue weighted by atomic mass is 9.83. The Labute approximate surface area is 138 Å². The van der Waals surface area contributed by atoms with E-state index < -0.39 is 6.10 Å². The van der Waals surface area contributed by atoms with Crippen LogP contribution < -0.4 is 5.32 Å². The summed E-state index contributed by atoms with van der Waals surface area (Å²) in [6, 6.07) is 9.91. The highest BCUT2D eigenvalue weighted by Crippen LogP contribution is 2.31. The molecular formula is C19H28N2O2. The normalized spacial score (nSPS) is 20.8. The molecule has 1 heterocycles. The zero-order chi connectivity index (χ0) is 16.1. The molecular weight excluding hydrogens is 288 g/mol. The van der Waals surface area contributed by atoms with E-state index in [1.807, 2.05) is 35.2 Å². The number of likely N-dealkylation sites (tertiary alicyclic amines) is 1. The summed E-state index contributed by atoms with van der Waals surface area (Å²) in [6.45, 7) is 2.28. The van der Waals surface area contributed by atoms with E-state index in [1.54, 1.807) is 0 Å². The highest BCUT2D eigenvalue weighted by atomic mass is 16.3. The van der Waals surface area contributed by atoms with Gasteiger partial charge in [0.05, 0.1) is 6.10 Å². The van der Waals surface area contributed by atoms with Gasteiger partial charge in [-0.3, -0.25) is 0 Å². The van der Waals surface area contributed by atoms with Crippen LogP contribution in [0.25, 0.3) is 0 Å². The Kier molecular flexibility index (Phi) is 5.55. The topological polar surface area (TPSA) is 52.6 Å². The first-order valence-corrected chi connectivity index (χ1v) is 9.00. The first kappa shape index (κ1) is 16.3. The number of piperidine rings is 1. The van der Waals surface area contributed by atoms with E-state index in [4.69, 9.17) is 0 Å². The zero-order valence-electron chi connectivity index (χ0n) is 13.8. The molecule has 23 heavy (non-hydrogen) atoms. The van der Waals surface area contributed by atoms with Crippen molar-refractivity contribution in [3.8, 4) is 0 Å². The third-order valence-electron chi connectivity index (χ3n) is 5.47. The van der Waals surface area contributed by atoms with Crippen LogP contribution >= 0.6 is 0 Å². The van der Waals surface area contributed by atoms with E-state index in [1.165, 1.54) is 19.3 Å². The molecule has 2 N–H and O–H groups in total. The van der Waals surface area contributed by atoms with Crippen LogP contribution in [-0.2, 0) is 0 Å². The van der Waals surface area contributed by atoms with Crippen LogP contribution in [0.4, 0.5) is 4.79 Å². The molecule has 0 spiro atoms. The molecule has 1 aromatic carbocycles. The van der Waals surface area contributed by atoms with Crippen molar-refractivity contribution < 1.29 is 9.90 Å². The van der Waals surface area contributed by atoms with E-state index in [-0.39, 0.29) is 11.9 Å². The van der Waals surface area contributed by atoms with Crippen molar-refractivity contribution in [1.82, 2.24) is 10.2 Å². The molecule has 1 saturated carbocycles. The Balaban J connectivity index is 1.39. The van der Waals surface area contributed by atoms with Gasteiger partial charge in [-0.2, -0.15) is 0 Å². The van der Waals surface area contributed by atoms with Gasteiger partial charge in [-0.15, -0.1) is 0 Å². The van der Waals surface area contributed by atoms with E-state index in [2.05, 4.69) is 5.32 Å². The van der Waals surface area contributed by atoms with Crippen molar-refractivity contribution in [3.63, 3.8) is 0 Å². The molecule has 0 radical (unpaired) electrons. The second kappa shape index (κ2) is 7.82. The van der Waals surface area contributed by atoms with E-state index >= 15 is 0 Å². The van der Waals surface area contributed by atoms with Crippen molar-refractivity contribution in [2.45, 2.75) is 44.6 Å². The Morgan fingerprint density at radius 2 is 1.87 bits per heavy atom. The molecule has 126 valence electrons. The van der Waals surface area contributed by atoms with Crippen molar-refractivity contribution in [1.29, 1.82) is 0 Å². The fourth-order valence-electron chi connectivity index (χ4n) is 3.62. The summed E-state index contributed by atoms with van der Waals surface area (Å²) in [4.78, 5) is 14.1. The average molecular weight is 316 g/mol. The lowest BCUT2D eigenvalue weighted by Gasteiger charge is -2.34. The lowest BCUT2D eigenvalue weighted by molar-refractivity contribution is 0.0664. The van der Waals surface area contributed by atoms with Gasteiger partial charge >= 0.3 is 6.03 Å². The molecule has 1 aliphatic heterocycles. The highest BCUT2D eigenvalue weighted by molar-refractivity contribution is 5.74. The first-order chi connectivity index (χ1) is 11.2. The largest absolute Gasteiger partial charge is 0.388 e. The molecule has 4 heteroatoms. The number of hydrogen-bond acceptors (Lipinski definition) is 2. The molecule has 2 aliphatic rings. The van der Waals surface area contributed by atoms with Crippen LogP contribution in [0.3, 0.4) is 0 Å². The summed E-state index contributed by atoms with van der Waals surface area (Å²) in [5, 5.41) is 13.5. The van der Waals surface area contributed by atoms with Gasteiger partial charge in [0.1, 0.15) is 0 Å². The monoisotopic (exact) mass is 316 g/mol. The maximum absolute atomic E-state index is 12.2. The number of carbonyl (C=O) groups excluding carboxylic acids is 1. The van der Waals surface area contributed by atoms with Gasteiger partial charge in [0, 0.05) is 19.6 Å². The second-order valence-electron chi connectivity index (χ2n) is 7.00. The molecule has 3 rings (SSSR count). The van der Waals surface area contributed by atoms with Crippen LogP contribution in [0.2, 0.25) is 0 Å². The number of rotatable bonds is 5. The van der Waals surface area contributed by atoms with Gasteiger partial charge in [-0.25, -0.2) is 4.79 Å². The number of benzene rings is 1. The van der Waals surface area contributed by atoms with Gasteiger partial charge < -0.3 is 15.3 Å². The quantitative estimate of drug-likeness (QED) is 0.875. The summed E-state index contributed by atoms with van der Waals surface area (Å²) in [7, 11) is 0.